The van der Waals surface area contributed by atoms with E-state index in [9.17, 15) is 18.0 Å². The van der Waals surface area contributed by atoms with Gasteiger partial charge in [-0.1, -0.05) is 35.5 Å². The molecule has 2 aromatic carbocycles. The van der Waals surface area contributed by atoms with Crippen molar-refractivity contribution in [2.24, 2.45) is 5.92 Å². The Labute approximate surface area is 203 Å². The molecular weight excluding hydrogens is 474 g/mol. The van der Waals surface area contributed by atoms with Crippen molar-refractivity contribution in [2.45, 2.75) is 31.7 Å². The molecule has 35 heavy (non-hydrogen) atoms. The van der Waals surface area contributed by atoms with Crippen LogP contribution in [0.4, 0.5) is 11.5 Å². The van der Waals surface area contributed by atoms with Gasteiger partial charge in [-0.2, -0.15) is 0 Å². The summed E-state index contributed by atoms with van der Waals surface area (Å²) < 4.78 is 42.9. The Balaban J connectivity index is 1.90. The van der Waals surface area contributed by atoms with Crippen molar-refractivity contribution >= 4 is 33.5 Å². The minimum absolute atomic E-state index is 0.00713. The summed E-state index contributed by atoms with van der Waals surface area (Å²) in [5.74, 6) is -2.19. The summed E-state index contributed by atoms with van der Waals surface area (Å²) >= 11 is 0. The van der Waals surface area contributed by atoms with E-state index in [0.717, 1.165) is 0 Å². The molecule has 1 unspecified atom stereocenters. The third-order valence-corrected chi connectivity index (χ3v) is 6.30. The second kappa shape index (κ2) is 11.5. The number of carbonyl (C=O) groups is 2. The maximum Gasteiger partial charge on any atom is 0.322 e. The molecule has 0 spiro atoms. The first kappa shape index (κ1) is 25.8. The highest BCUT2D eigenvalue weighted by Gasteiger charge is 2.38. The molecule has 186 valence electrons. The average molecular weight is 502 g/mol. The first-order valence-electron chi connectivity index (χ1n) is 11.0. The van der Waals surface area contributed by atoms with Crippen LogP contribution in [0, 0.1) is 12.8 Å². The smallest absolute Gasteiger partial charge is 0.322 e. The summed E-state index contributed by atoms with van der Waals surface area (Å²) in [5.41, 5.74) is 1.13. The van der Waals surface area contributed by atoms with E-state index in [4.69, 9.17) is 14.0 Å². The van der Waals surface area contributed by atoms with Gasteiger partial charge in [-0.15, -0.1) is 0 Å². The zero-order chi connectivity index (χ0) is 25.4. The third-order valence-electron chi connectivity index (χ3n) is 4.93. The largest absolute Gasteiger partial charge is 0.465 e. The fourth-order valence-electron chi connectivity index (χ4n) is 3.37. The van der Waals surface area contributed by atoms with Gasteiger partial charge in [-0.05, 0) is 50.6 Å². The molecule has 3 aromatic rings. The SMILES string of the molecule is CCOC(=O)C(C(=O)OCC)C(Nc1ccc(S(=O)(=O)Nc2cc(C)on2)cc1)c1ccccc1. The third kappa shape index (κ3) is 6.60. The van der Waals surface area contributed by atoms with Crippen LogP contribution in [0.1, 0.15) is 31.2 Å². The van der Waals surface area contributed by atoms with Crippen molar-refractivity contribution in [1.82, 2.24) is 5.16 Å². The molecule has 11 heteroatoms. The maximum atomic E-state index is 12.8. The number of ether oxygens (including phenoxy) is 2. The fraction of sp³-hybridized carbons (Fsp3) is 0.292. The van der Waals surface area contributed by atoms with E-state index < -0.39 is 33.9 Å². The maximum absolute atomic E-state index is 12.8. The van der Waals surface area contributed by atoms with Crippen LogP contribution in [0.2, 0.25) is 0 Å². The lowest BCUT2D eigenvalue weighted by Crippen LogP contribution is -2.36. The molecule has 2 N–H and O–H groups in total. The van der Waals surface area contributed by atoms with Crippen LogP contribution in [-0.2, 0) is 29.1 Å². The van der Waals surface area contributed by atoms with E-state index in [1.54, 1.807) is 45.0 Å². The molecule has 3 rings (SSSR count). The van der Waals surface area contributed by atoms with Crippen LogP contribution in [0.25, 0.3) is 0 Å². The molecule has 0 bridgehead atoms. The number of anilines is 2. The lowest BCUT2D eigenvalue weighted by atomic mass is 9.92. The quantitative estimate of drug-likeness (QED) is 0.298. The number of rotatable bonds is 11. The molecule has 0 aliphatic rings. The Kier molecular flexibility index (Phi) is 8.48. The molecule has 0 saturated carbocycles. The van der Waals surface area contributed by atoms with E-state index in [1.807, 2.05) is 6.07 Å². The number of esters is 2. The van der Waals surface area contributed by atoms with Crippen LogP contribution in [0.15, 0.2) is 70.1 Å². The Morgan fingerprint density at radius 3 is 2.09 bits per heavy atom. The summed E-state index contributed by atoms with van der Waals surface area (Å²) in [6, 6.07) is 15.4. The standard InChI is InChI=1S/C24H27N3O7S/c1-4-32-23(28)21(24(29)33-5-2)22(17-9-7-6-8-10-17)25-18-11-13-19(14-12-18)35(30,31)27-20-15-16(3)34-26-20/h6-15,21-22,25H,4-5H2,1-3H3,(H,26,27). The van der Waals surface area contributed by atoms with Gasteiger partial charge in [0.05, 0.1) is 24.2 Å². The second-order valence-electron chi connectivity index (χ2n) is 7.47. The number of hydrogen-bond donors (Lipinski definition) is 2. The molecule has 10 nitrogen and oxygen atoms in total. The average Bonchev–Trinajstić information content (AvgIpc) is 3.23. The Bertz CT molecular complexity index is 1220. The van der Waals surface area contributed by atoms with Gasteiger partial charge in [0.15, 0.2) is 11.7 Å². The number of aryl methyl sites for hydroxylation is 1. The Morgan fingerprint density at radius 1 is 0.971 bits per heavy atom. The topological polar surface area (TPSA) is 137 Å². The number of aromatic nitrogens is 1. The first-order chi connectivity index (χ1) is 16.7. The predicted octanol–water partition coefficient (Wildman–Crippen LogP) is 3.68. The summed E-state index contributed by atoms with van der Waals surface area (Å²) in [6.45, 7) is 5.15. The highest BCUT2D eigenvalue weighted by molar-refractivity contribution is 7.92. The molecule has 0 aliphatic heterocycles. The molecule has 1 atom stereocenters. The summed E-state index contributed by atoms with van der Waals surface area (Å²) in [4.78, 5) is 25.5. The van der Waals surface area contributed by atoms with Crippen LogP contribution < -0.4 is 10.0 Å². The minimum atomic E-state index is -3.90. The number of nitrogens with zero attached hydrogens (tertiary/aromatic N) is 1. The van der Waals surface area contributed by atoms with E-state index in [-0.39, 0.29) is 23.9 Å². The van der Waals surface area contributed by atoms with Gasteiger partial charge in [0.25, 0.3) is 10.0 Å². The number of sulfonamides is 1. The van der Waals surface area contributed by atoms with E-state index >= 15 is 0 Å². The van der Waals surface area contributed by atoms with Gasteiger partial charge in [0.2, 0.25) is 0 Å². The van der Waals surface area contributed by atoms with Crippen molar-refractivity contribution in [3.63, 3.8) is 0 Å². The molecular formula is C24H27N3O7S. The van der Waals surface area contributed by atoms with E-state index in [2.05, 4.69) is 15.2 Å². The second-order valence-corrected chi connectivity index (χ2v) is 9.15. The van der Waals surface area contributed by atoms with E-state index in [1.165, 1.54) is 30.3 Å². The van der Waals surface area contributed by atoms with Crippen LogP contribution >= 0.6 is 0 Å². The lowest BCUT2D eigenvalue weighted by molar-refractivity contribution is -0.162. The zero-order valence-electron chi connectivity index (χ0n) is 19.6. The van der Waals surface area contributed by atoms with Gasteiger partial charge in [-0.3, -0.25) is 14.3 Å². The van der Waals surface area contributed by atoms with Crippen LogP contribution in [0.3, 0.4) is 0 Å². The highest BCUT2D eigenvalue weighted by Crippen LogP contribution is 2.30. The molecule has 1 heterocycles. The molecule has 0 amide bonds. The summed E-state index contributed by atoms with van der Waals surface area (Å²) in [5, 5.41) is 6.80. The van der Waals surface area contributed by atoms with Crippen molar-refractivity contribution < 1.29 is 32.0 Å². The van der Waals surface area contributed by atoms with Crippen molar-refractivity contribution in [2.75, 3.05) is 23.3 Å². The Morgan fingerprint density at radius 2 is 1.57 bits per heavy atom. The lowest BCUT2D eigenvalue weighted by Gasteiger charge is -2.26. The molecule has 1 aromatic heterocycles. The van der Waals surface area contributed by atoms with Crippen molar-refractivity contribution in [1.29, 1.82) is 0 Å². The normalized spacial score (nSPS) is 12.1. The van der Waals surface area contributed by atoms with Crippen LogP contribution in [-0.4, -0.2) is 38.7 Å². The van der Waals surface area contributed by atoms with Gasteiger partial charge in [0, 0.05) is 11.8 Å². The van der Waals surface area contributed by atoms with Crippen molar-refractivity contribution in [3.05, 3.63) is 72.0 Å². The van der Waals surface area contributed by atoms with Gasteiger partial charge < -0.3 is 19.3 Å². The zero-order valence-corrected chi connectivity index (χ0v) is 20.4. The highest BCUT2D eigenvalue weighted by atomic mass is 32.2. The molecule has 0 saturated heterocycles. The minimum Gasteiger partial charge on any atom is -0.465 e. The van der Waals surface area contributed by atoms with Crippen molar-refractivity contribution in [3.8, 4) is 0 Å². The van der Waals surface area contributed by atoms with Gasteiger partial charge >= 0.3 is 11.9 Å². The van der Waals surface area contributed by atoms with E-state index in [0.29, 0.717) is 17.0 Å². The predicted molar refractivity (Wildman–Crippen MR) is 128 cm³/mol. The number of benzene rings is 2. The Hall–Kier alpha value is -3.86. The number of hydrogen-bond acceptors (Lipinski definition) is 9. The van der Waals surface area contributed by atoms with Gasteiger partial charge in [0.1, 0.15) is 5.76 Å². The molecule has 0 fully saturated rings. The first-order valence-corrected chi connectivity index (χ1v) is 12.4. The summed E-state index contributed by atoms with van der Waals surface area (Å²) in [7, 11) is -3.90. The summed E-state index contributed by atoms with van der Waals surface area (Å²) in [6.07, 6.45) is 0. The van der Waals surface area contributed by atoms with Crippen LogP contribution in [0.5, 0.6) is 0 Å². The fourth-order valence-corrected chi connectivity index (χ4v) is 4.36. The molecule has 0 radical (unpaired) electrons. The number of nitrogens with one attached hydrogen (secondary N) is 2. The number of carbonyl (C=O) groups excluding carboxylic acids is 2. The monoisotopic (exact) mass is 501 g/mol. The molecule has 0 aliphatic carbocycles. The van der Waals surface area contributed by atoms with Gasteiger partial charge in [-0.25, -0.2) is 8.42 Å².